The summed E-state index contributed by atoms with van der Waals surface area (Å²) in [5.41, 5.74) is 0.00420. The third-order valence-electron chi connectivity index (χ3n) is 4.65. The number of nitrogens with one attached hydrogen (secondary N) is 1. The van der Waals surface area contributed by atoms with Gasteiger partial charge in [-0.1, -0.05) is 23.2 Å². The van der Waals surface area contributed by atoms with Crippen LogP contribution in [0, 0.1) is 5.82 Å². The van der Waals surface area contributed by atoms with Gasteiger partial charge in [0.05, 0.1) is 11.3 Å². The minimum Gasteiger partial charge on any atom is -0.432 e. The van der Waals surface area contributed by atoms with Gasteiger partial charge >= 0.3 is 0 Å². The summed E-state index contributed by atoms with van der Waals surface area (Å²) in [6.07, 6.45) is 3.54. The van der Waals surface area contributed by atoms with Crippen LogP contribution in [-0.4, -0.2) is 52.6 Å². The minimum atomic E-state index is -0.822. The lowest BCUT2D eigenvalue weighted by atomic mass is 10.0. The van der Waals surface area contributed by atoms with Crippen LogP contribution in [0.2, 0.25) is 10.3 Å². The Morgan fingerprint density at radius 2 is 1.93 bits per heavy atom. The number of nitrogens with zero attached hydrogens (tertiary/aromatic N) is 3. The number of hydrogen-bond acceptors (Lipinski definition) is 7. The maximum atomic E-state index is 13.7. The Kier molecular flexibility index (Phi) is 5.18. The first kappa shape index (κ1) is 19.0. The topological polar surface area (TPSA) is 88.3 Å². The molecule has 3 heterocycles. The largest absolute Gasteiger partial charge is 0.432 e. The van der Waals surface area contributed by atoms with Crippen molar-refractivity contribution in [2.75, 3.05) is 26.2 Å². The van der Waals surface area contributed by atoms with Gasteiger partial charge < -0.3 is 14.6 Å². The number of oxazole rings is 1. The number of carbonyl (C=O) groups is 2. The van der Waals surface area contributed by atoms with E-state index in [2.05, 4.69) is 20.2 Å². The summed E-state index contributed by atoms with van der Waals surface area (Å²) in [7, 11) is 0. The second-order valence-electron chi connectivity index (χ2n) is 6.52. The Hall–Kier alpha value is -2.29. The first-order chi connectivity index (χ1) is 13.4. The fraction of sp³-hybridized carbons (Fsp3) is 0.333. The lowest BCUT2D eigenvalue weighted by Crippen LogP contribution is -2.33. The van der Waals surface area contributed by atoms with Crippen molar-refractivity contribution in [1.29, 1.82) is 0 Å². The molecule has 1 aliphatic heterocycles. The van der Waals surface area contributed by atoms with E-state index in [9.17, 15) is 14.0 Å². The van der Waals surface area contributed by atoms with Gasteiger partial charge in [0.25, 0.3) is 0 Å². The van der Waals surface area contributed by atoms with Gasteiger partial charge in [-0.05, 0) is 32.0 Å². The second kappa shape index (κ2) is 7.62. The number of halogens is 3. The number of carbonyl (C=O) groups excluding carboxylic acids is 2. The fourth-order valence-electron chi connectivity index (χ4n) is 3.23. The highest BCUT2D eigenvalue weighted by atomic mass is 35.5. The molecule has 0 bridgehead atoms. The van der Waals surface area contributed by atoms with Crippen LogP contribution >= 0.6 is 23.2 Å². The lowest BCUT2D eigenvalue weighted by molar-refractivity contribution is 0.0956. The molecule has 1 saturated heterocycles. The minimum absolute atomic E-state index is 0.00195. The van der Waals surface area contributed by atoms with Gasteiger partial charge in [0, 0.05) is 19.2 Å². The number of ketones is 2. The molecule has 2 aliphatic rings. The molecule has 10 heteroatoms. The van der Waals surface area contributed by atoms with Crippen molar-refractivity contribution in [2.24, 2.45) is 0 Å². The summed E-state index contributed by atoms with van der Waals surface area (Å²) in [6.45, 7) is 3.38. The third kappa shape index (κ3) is 3.55. The molecule has 0 aromatic carbocycles. The monoisotopic (exact) mass is 424 g/mol. The van der Waals surface area contributed by atoms with Crippen molar-refractivity contribution in [3.8, 4) is 11.5 Å². The molecule has 4 rings (SSSR count). The Bertz CT molecular complexity index is 999. The zero-order chi connectivity index (χ0) is 19.8. The van der Waals surface area contributed by atoms with E-state index < -0.39 is 22.5 Å². The summed E-state index contributed by atoms with van der Waals surface area (Å²) in [6, 6.07) is 0.993. The van der Waals surface area contributed by atoms with Crippen molar-refractivity contribution >= 4 is 34.8 Å². The van der Waals surface area contributed by atoms with Gasteiger partial charge in [-0.2, -0.15) is 0 Å². The fourth-order valence-corrected chi connectivity index (χ4v) is 3.63. The number of likely N-dealkylation sites (tertiary alicyclic amines) is 1. The molecule has 0 radical (unpaired) electrons. The molecule has 0 atom stereocenters. The van der Waals surface area contributed by atoms with E-state index in [1.807, 2.05) is 0 Å². The van der Waals surface area contributed by atoms with Gasteiger partial charge in [-0.25, -0.2) is 14.4 Å². The van der Waals surface area contributed by atoms with Gasteiger partial charge in [-0.15, -0.1) is 0 Å². The summed E-state index contributed by atoms with van der Waals surface area (Å²) in [4.78, 5) is 35.0. The van der Waals surface area contributed by atoms with E-state index >= 15 is 0 Å². The van der Waals surface area contributed by atoms with Crippen molar-refractivity contribution in [1.82, 2.24) is 20.2 Å². The van der Waals surface area contributed by atoms with Crippen LogP contribution in [0.25, 0.3) is 11.5 Å². The van der Waals surface area contributed by atoms with E-state index in [1.165, 1.54) is 18.9 Å². The van der Waals surface area contributed by atoms with Gasteiger partial charge in [-0.3, -0.25) is 9.59 Å². The predicted octanol–water partition coefficient (Wildman–Crippen LogP) is 3.13. The average Bonchev–Trinajstić information content (AvgIpc) is 3.32. The number of allylic oxidation sites excluding steroid dienone is 2. The Labute approximate surface area is 169 Å². The Balaban J connectivity index is 1.55. The number of Topliss-reactive ketones (excluding diaryl/α,β-unsaturated/α-hetero) is 1. The first-order valence-corrected chi connectivity index (χ1v) is 9.49. The molecule has 0 amide bonds. The lowest BCUT2D eigenvalue weighted by Gasteiger charge is -2.17. The number of fused-ring (bicyclic) bond motifs is 1. The summed E-state index contributed by atoms with van der Waals surface area (Å²) < 4.78 is 19.2. The van der Waals surface area contributed by atoms with E-state index in [0.29, 0.717) is 6.54 Å². The van der Waals surface area contributed by atoms with Crippen LogP contribution in [0.3, 0.4) is 0 Å². The molecule has 146 valence electrons. The number of pyridine rings is 1. The van der Waals surface area contributed by atoms with Gasteiger partial charge in [0.15, 0.2) is 16.7 Å². The molecule has 1 aliphatic carbocycles. The first-order valence-electron chi connectivity index (χ1n) is 8.73. The van der Waals surface area contributed by atoms with Crippen LogP contribution < -0.4 is 5.32 Å². The molecule has 2 aromatic heterocycles. The zero-order valence-electron chi connectivity index (χ0n) is 14.6. The van der Waals surface area contributed by atoms with Crippen molar-refractivity contribution in [3.05, 3.63) is 45.4 Å². The van der Waals surface area contributed by atoms with Gasteiger partial charge in [0.2, 0.25) is 23.2 Å². The van der Waals surface area contributed by atoms with Crippen LogP contribution in [0.4, 0.5) is 4.39 Å². The summed E-state index contributed by atoms with van der Waals surface area (Å²) >= 11 is 11.6. The van der Waals surface area contributed by atoms with Crippen LogP contribution in [0.1, 0.15) is 33.9 Å². The summed E-state index contributed by atoms with van der Waals surface area (Å²) in [5.74, 6) is -2.18. The molecule has 1 fully saturated rings. The van der Waals surface area contributed by atoms with Gasteiger partial charge in [0.1, 0.15) is 5.15 Å². The quantitative estimate of drug-likeness (QED) is 0.737. The van der Waals surface area contributed by atoms with E-state index in [4.69, 9.17) is 27.6 Å². The van der Waals surface area contributed by atoms with Crippen molar-refractivity contribution < 1.29 is 18.4 Å². The van der Waals surface area contributed by atoms with Crippen LogP contribution in [0.15, 0.2) is 22.3 Å². The standard InChI is InChI=1S/C18H15Cl2FN4O3/c19-16-9(7-10(21)17(20)24-16)18-23-13-12(26)8-11(14(27)15(13)28-18)22-3-6-25-4-1-2-5-25/h7-8,22H,1-6H2. The second-order valence-corrected chi connectivity index (χ2v) is 7.24. The number of aromatic nitrogens is 2. The summed E-state index contributed by atoms with van der Waals surface area (Å²) in [5, 5.41) is 2.44. The van der Waals surface area contributed by atoms with E-state index in [0.717, 1.165) is 25.7 Å². The van der Waals surface area contributed by atoms with Crippen molar-refractivity contribution in [3.63, 3.8) is 0 Å². The van der Waals surface area contributed by atoms with E-state index in [1.54, 1.807) is 0 Å². The molecule has 7 nitrogen and oxygen atoms in total. The average molecular weight is 425 g/mol. The molecule has 0 spiro atoms. The Morgan fingerprint density at radius 1 is 1.18 bits per heavy atom. The maximum absolute atomic E-state index is 13.7. The molecule has 28 heavy (non-hydrogen) atoms. The van der Waals surface area contributed by atoms with E-state index in [-0.39, 0.29) is 33.8 Å². The van der Waals surface area contributed by atoms with Crippen LogP contribution in [-0.2, 0) is 0 Å². The smallest absolute Gasteiger partial charge is 0.246 e. The molecular weight excluding hydrogens is 410 g/mol. The maximum Gasteiger partial charge on any atom is 0.246 e. The highest BCUT2D eigenvalue weighted by molar-refractivity contribution is 6.34. The highest BCUT2D eigenvalue weighted by Gasteiger charge is 2.33. The van der Waals surface area contributed by atoms with Crippen molar-refractivity contribution in [2.45, 2.75) is 12.8 Å². The number of rotatable bonds is 5. The molecule has 0 unspecified atom stereocenters. The zero-order valence-corrected chi connectivity index (χ0v) is 16.1. The Morgan fingerprint density at radius 3 is 2.68 bits per heavy atom. The SMILES string of the molecule is O=C1C=C(NCCN2CCCC2)C(=O)c2oc(-c3cc(F)c(Cl)nc3Cl)nc21. The molecule has 2 aromatic rings. The number of hydrogen-bond donors (Lipinski definition) is 1. The molecular formula is C18H15Cl2FN4O3. The highest BCUT2D eigenvalue weighted by Crippen LogP contribution is 2.32. The predicted molar refractivity (Wildman–Crippen MR) is 100 cm³/mol. The molecule has 0 saturated carbocycles. The normalized spacial score (nSPS) is 17.0. The molecule has 1 N–H and O–H groups in total. The van der Waals surface area contributed by atoms with Crippen LogP contribution in [0.5, 0.6) is 0 Å². The third-order valence-corrected chi connectivity index (χ3v) is 5.20.